The number of halogens is 3. The van der Waals surface area contributed by atoms with Crippen LogP contribution in [0.15, 0.2) is 24.5 Å². The Hall–Kier alpha value is -1.20. The van der Waals surface area contributed by atoms with E-state index in [2.05, 4.69) is 4.98 Å². The highest BCUT2D eigenvalue weighted by Gasteiger charge is 2.23. The Bertz CT molecular complexity index is 498. The minimum Gasteiger partial charge on any atom is -0.330 e. The van der Waals surface area contributed by atoms with Crippen molar-refractivity contribution in [2.45, 2.75) is 12.3 Å². The van der Waals surface area contributed by atoms with Gasteiger partial charge in [-0.05, 0) is 12.1 Å². The lowest BCUT2D eigenvalue weighted by Crippen LogP contribution is -2.19. The SMILES string of the molecule is NCC(c1cn2cc(Cl)ccc2n1)C(F)F. The third kappa shape index (κ3) is 2.01. The van der Waals surface area contributed by atoms with Gasteiger partial charge in [-0.25, -0.2) is 13.8 Å². The van der Waals surface area contributed by atoms with E-state index in [1.807, 2.05) is 0 Å². The second-order valence-corrected chi connectivity index (χ2v) is 3.89. The fourth-order valence-corrected chi connectivity index (χ4v) is 1.68. The molecule has 0 radical (unpaired) electrons. The quantitative estimate of drug-likeness (QED) is 0.902. The summed E-state index contributed by atoms with van der Waals surface area (Å²) < 4.78 is 26.9. The Labute approximate surface area is 95.8 Å². The number of imidazole rings is 1. The predicted octanol–water partition coefficient (Wildman–Crippen LogP) is 2.30. The molecule has 2 aromatic rings. The summed E-state index contributed by atoms with van der Waals surface area (Å²) >= 11 is 5.78. The van der Waals surface area contributed by atoms with Gasteiger partial charge in [-0.3, -0.25) is 0 Å². The van der Waals surface area contributed by atoms with Gasteiger partial charge in [0.15, 0.2) is 0 Å². The highest BCUT2D eigenvalue weighted by molar-refractivity contribution is 6.30. The van der Waals surface area contributed by atoms with E-state index in [9.17, 15) is 8.78 Å². The van der Waals surface area contributed by atoms with E-state index in [1.54, 1.807) is 22.7 Å². The summed E-state index contributed by atoms with van der Waals surface area (Å²) in [5, 5.41) is 0.526. The van der Waals surface area contributed by atoms with E-state index < -0.39 is 12.3 Å². The van der Waals surface area contributed by atoms with Gasteiger partial charge in [0.25, 0.3) is 0 Å². The van der Waals surface area contributed by atoms with Gasteiger partial charge in [0.05, 0.1) is 16.6 Å². The number of aromatic nitrogens is 2. The molecule has 0 spiro atoms. The number of nitrogens with zero attached hydrogens (tertiary/aromatic N) is 2. The highest BCUT2D eigenvalue weighted by atomic mass is 35.5. The van der Waals surface area contributed by atoms with Crippen LogP contribution in [0.25, 0.3) is 5.65 Å². The molecule has 86 valence electrons. The average molecular weight is 246 g/mol. The van der Waals surface area contributed by atoms with Crippen molar-refractivity contribution in [3.8, 4) is 0 Å². The molecule has 0 saturated heterocycles. The normalized spacial score (nSPS) is 13.6. The summed E-state index contributed by atoms with van der Waals surface area (Å²) in [6, 6.07) is 3.33. The lowest BCUT2D eigenvalue weighted by Gasteiger charge is -2.09. The molecule has 2 rings (SSSR count). The molecule has 0 bridgehead atoms. The topological polar surface area (TPSA) is 43.3 Å². The van der Waals surface area contributed by atoms with Crippen LogP contribution in [0.3, 0.4) is 0 Å². The summed E-state index contributed by atoms with van der Waals surface area (Å²) in [5.41, 5.74) is 6.18. The monoisotopic (exact) mass is 245 g/mol. The zero-order chi connectivity index (χ0) is 11.7. The molecule has 0 aliphatic rings. The molecule has 16 heavy (non-hydrogen) atoms. The molecule has 0 aliphatic carbocycles. The smallest absolute Gasteiger partial charge is 0.248 e. The third-order valence-electron chi connectivity index (χ3n) is 2.37. The summed E-state index contributed by atoms with van der Waals surface area (Å²) in [5.74, 6) is -1.03. The lowest BCUT2D eigenvalue weighted by atomic mass is 10.1. The molecule has 1 unspecified atom stereocenters. The van der Waals surface area contributed by atoms with Crippen LogP contribution in [-0.4, -0.2) is 22.4 Å². The fraction of sp³-hybridized carbons (Fsp3) is 0.300. The van der Waals surface area contributed by atoms with Gasteiger partial charge in [-0.1, -0.05) is 11.6 Å². The lowest BCUT2D eigenvalue weighted by molar-refractivity contribution is 0.115. The Kier molecular flexibility index (Phi) is 3.07. The van der Waals surface area contributed by atoms with Gasteiger partial charge >= 0.3 is 0 Å². The number of alkyl halides is 2. The van der Waals surface area contributed by atoms with Crippen LogP contribution in [0.1, 0.15) is 11.6 Å². The minimum absolute atomic E-state index is 0.130. The van der Waals surface area contributed by atoms with Crippen molar-refractivity contribution in [1.82, 2.24) is 9.38 Å². The number of rotatable bonds is 3. The molecule has 0 fully saturated rings. The summed E-state index contributed by atoms with van der Waals surface area (Å²) in [7, 11) is 0. The van der Waals surface area contributed by atoms with Gasteiger partial charge in [0, 0.05) is 18.9 Å². The fourth-order valence-electron chi connectivity index (χ4n) is 1.52. The molecule has 2 N–H and O–H groups in total. The first kappa shape index (κ1) is 11.3. The Morgan fingerprint density at radius 2 is 2.12 bits per heavy atom. The van der Waals surface area contributed by atoms with Crippen LogP contribution in [0.5, 0.6) is 0 Å². The average Bonchev–Trinajstić information content (AvgIpc) is 2.60. The van der Waals surface area contributed by atoms with Crippen molar-refractivity contribution in [3.05, 3.63) is 35.2 Å². The Morgan fingerprint density at radius 1 is 1.38 bits per heavy atom. The summed E-state index contributed by atoms with van der Waals surface area (Å²) in [6.45, 7) is -0.130. The highest BCUT2D eigenvalue weighted by Crippen LogP contribution is 2.22. The standard InChI is InChI=1S/C10H10ClF2N3/c11-6-1-2-9-15-8(5-16(9)4-6)7(3-14)10(12)13/h1-2,4-5,7,10H,3,14H2. The van der Waals surface area contributed by atoms with Crippen LogP contribution >= 0.6 is 11.6 Å². The summed E-state index contributed by atoms with van der Waals surface area (Å²) in [6.07, 6.45) is 0.641. The molecule has 2 heterocycles. The van der Waals surface area contributed by atoms with Crippen molar-refractivity contribution in [2.75, 3.05) is 6.54 Å². The van der Waals surface area contributed by atoms with E-state index in [1.165, 1.54) is 6.20 Å². The van der Waals surface area contributed by atoms with Gasteiger partial charge in [0.1, 0.15) is 5.65 Å². The largest absolute Gasteiger partial charge is 0.330 e. The molecule has 0 amide bonds. The second kappa shape index (κ2) is 4.35. The number of fused-ring (bicyclic) bond motifs is 1. The van der Waals surface area contributed by atoms with Crippen LogP contribution in [0.4, 0.5) is 8.78 Å². The van der Waals surface area contributed by atoms with Crippen molar-refractivity contribution in [1.29, 1.82) is 0 Å². The molecule has 0 saturated carbocycles. The van der Waals surface area contributed by atoms with E-state index in [-0.39, 0.29) is 6.54 Å². The first-order valence-electron chi connectivity index (χ1n) is 4.74. The molecule has 6 heteroatoms. The third-order valence-corrected chi connectivity index (χ3v) is 2.60. The van der Waals surface area contributed by atoms with E-state index in [4.69, 9.17) is 17.3 Å². The number of hydrogen-bond acceptors (Lipinski definition) is 2. The number of pyridine rings is 1. The van der Waals surface area contributed by atoms with Crippen LogP contribution in [0, 0.1) is 0 Å². The molecular weight excluding hydrogens is 236 g/mol. The first-order valence-corrected chi connectivity index (χ1v) is 5.12. The van der Waals surface area contributed by atoms with E-state index in [0.717, 1.165) is 0 Å². The molecule has 1 atom stereocenters. The second-order valence-electron chi connectivity index (χ2n) is 3.46. The summed E-state index contributed by atoms with van der Waals surface area (Å²) in [4.78, 5) is 4.09. The number of nitrogens with two attached hydrogens (primary N) is 1. The zero-order valence-electron chi connectivity index (χ0n) is 8.28. The number of hydrogen-bond donors (Lipinski definition) is 1. The molecule has 0 aliphatic heterocycles. The first-order chi connectivity index (χ1) is 7.61. The van der Waals surface area contributed by atoms with Gasteiger partial charge < -0.3 is 10.1 Å². The maximum atomic E-state index is 12.6. The van der Waals surface area contributed by atoms with Crippen molar-refractivity contribution >= 4 is 17.2 Å². The minimum atomic E-state index is -2.51. The Morgan fingerprint density at radius 3 is 2.75 bits per heavy atom. The van der Waals surface area contributed by atoms with E-state index >= 15 is 0 Å². The van der Waals surface area contributed by atoms with Gasteiger partial charge in [-0.2, -0.15) is 0 Å². The van der Waals surface area contributed by atoms with Crippen LogP contribution < -0.4 is 5.73 Å². The predicted molar refractivity (Wildman–Crippen MR) is 58.0 cm³/mol. The molecule has 0 aromatic carbocycles. The van der Waals surface area contributed by atoms with Crippen molar-refractivity contribution < 1.29 is 8.78 Å². The maximum absolute atomic E-state index is 12.6. The zero-order valence-corrected chi connectivity index (χ0v) is 9.03. The Balaban J connectivity index is 2.45. The van der Waals surface area contributed by atoms with Crippen LogP contribution in [0.2, 0.25) is 5.02 Å². The van der Waals surface area contributed by atoms with E-state index in [0.29, 0.717) is 16.4 Å². The van der Waals surface area contributed by atoms with Gasteiger partial charge in [-0.15, -0.1) is 0 Å². The van der Waals surface area contributed by atoms with Crippen molar-refractivity contribution in [2.24, 2.45) is 5.73 Å². The molecular formula is C10H10ClF2N3. The maximum Gasteiger partial charge on any atom is 0.248 e. The molecule has 2 aromatic heterocycles. The van der Waals surface area contributed by atoms with Gasteiger partial charge in [0.2, 0.25) is 6.43 Å². The van der Waals surface area contributed by atoms with Crippen LogP contribution in [-0.2, 0) is 0 Å². The molecule has 3 nitrogen and oxygen atoms in total. The van der Waals surface area contributed by atoms with Crippen molar-refractivity contribution in [3.63, 3.8) is 0 Å².